The summed E-state index contributed by atoms with van der Waals surface area (Å²) in [7, 11) is 0. The van der Waals surface area contributed by atoms with Crippen molar-refractivity contribution in [2.75, 3.05) is 5.32 Å². The summed E-state index contributed by atoms with van der Waals surface area (Å²) in [6.45, 7) is 7.99. The Morgan fingerprint density at radius 1 is 1.17 bits per heavy atom. The van der Waals surface area contributed by atoms with Crippen molar-refractivity contribution in [3.63, 3.8) is 0 Å². The number of anilines is 1. The Morgan fingerprint density at radius 3 is 2.42 bits per heavy atom. The van der Waals surface area contributed by atoms with E-state index in [-0.39, 0.29) is 23.7 Å². The molecule has 1 heterocycles. The van der Waals surface area contributed by atoms with Crippen LogP contribution >= 0.6 is 0 Å². The molecular formula is C19H29N3O2. The summed E-state index contributed by atoms with van der Waals surface area (Å²) in [6.07, 6.45) is 4.01. The summed E-state index contributed by atoms with van der Waals surface area (Å²) in [5.41, 5.74) is 0.842. The van der Waals surface area contributed by atoms with Crippen LogP contribution in [0.1, 0.15) is 52.1 Å². The van der Waals surface area contributed by atoms with E-state index < -0.39 is 6.04 Å². The highest BCUT2D eigenvalue weighted by atomic mass is 16.2. The van der Waals surface area contributed by atoms with Crippen molar-refractivity contribution in [2.45, 2.75) is 59.4 Å². The second-order valence-corrected chi connectivity index (χ2v) is 7.34. The molecule has 24 heavy (non-hydrogen) atoms. The maximum absolute atomic E-state index is 12.6. The first-order chi connectivity index (χ1) is 11.4. The predicted octanol–water partition coefficient (Wildman–Crippen LogP) is 3.30. The van der Waals surface area contributed by atoms with Crippen LogP contribution in [0, 0.1) is 24.7 Å². The first-order valence-electron chi connectivity index (χ1n) is 8.91. The molecule has 5 nitrogen and oxygen atoms in total. The van der Waals surface area contributed by atoms with Crippen LogP contribution < -0.4 is 10.6 Å². The molecular weight excluding hydrogens is 302 g/mol. The van der Waals surface area contributed by atoms with Crippen molar-refractivity contribution in [3.05, 3.63) is 23.9 Å². The van der Waals surface area contributed by atoms with Crippen molar-refractivity contribution in [1.82, 2.24) is 10.3 Å². The molecule has 0 saturated heterocycles. The lowest BCUT2D eigenvalue weighted by atomic mass is 9.82. The van der Waals surface area contributed by atoms with E-state index in [0.717, 1.165) is 31.4 Å². The summed E-state index contributed by atoms with van der Waals surface area (Å²) in [5, 5.41) is 5.77. The Hall–Kier alpha value is -1.91. The summed E-state index contributed by atoms with van der Waals surface area (Å²) < 4.78 is 0. The van der Waals surface area contributed by atoms with E-state index in [9.17, 15) is 9.59 Å². The largest absolute Gasteiger partial charge is 0.344 e. The van der Waals surface area contributed by atoms with E-state index in [2.05, 4.69) is 22.5 Å². The molecule has 1 aromatic rings. The highest BCUT2D eigenvalue weighted by Gasteiger charge is 2.30. The number of pyridine rings is 1. The fraction of sp³-hybridized carbons (Fsp3) is 0.632. The lowest BCUT2D eigenvalue weighted by molar-refractivity contribution is -0.131. The number of rotatable bonds is 5. The third kappa shape index (κ3) is 5.05. The van der Waals surface area contributed by atoms with Gasteiger partial charge in [-0.3, -0.25) is 9.59 Å². The maximum Gasteiger partial charge on any atom is 0.248 e. The molecule has 1 aliphatic rings. The summed E-state index contributed by atoms with van der Waals surface area (Å²) in [4.78, 5) is 29.4. The second kappa shape index (κ2) is 8.27. The van der Waals surface area contributed by atoms with Gasteiger partial charge in [-0.1, -0.05) is 26.8 Å². The maximum atomic E-state index is 12.6. The van der Waals surface area contributed by atoms with Crippen molar-refractivity contribution >= 4 is 17.6 Å². The van der Waals surface area contributed by atoms with Gasteiger partial charge < -0.3 is 10.6 Å². The van der Waals surface area contributed by atoms with Gasteiger partial charge in [-0.2, -0.15) is 0 Å². The summed E-state index contributed by atoms with van der Waals surface area (Å²) >= 11 is 0. The zero-order chi connectivity index (χ0) is 17.7. The number of nitrogens with one attached hydrogen (secondary N) is 2. The lowest BCUT2D eigenvalue weighted by Gasteiger charge is -2.28. The summed E-state index contributed by atoms with van der Waals surface area (Å²) in [5.74, 6) is 1.07. The van der Waals surface area contributed by atoms with Crippen molar-refractivity contribution in [2.24, 2.45) is 17.8 Å². The lowest BCUT2D eigenvalue weighted by Crippen LogP contribution is -2.49. The van der Waals surface area contributed by atoms with Gasteiger partial charge in [0.15, 0.2) is 0 Å². The minimum atomic E-state index is -0.542. The van der Waals surface area contributed by atoms with E-state index >= 15 is 0 Å². The van der Waals surface area contributed by atoms with Gasteiger partial charge in [0.1, 0.15) is 11.9 Å². The van der Waals surface area contributed by atoms with E-state index in [1.54, 1.807) is 6.07 Å². The fourth-order valence-electron chi connectivity index (χ4n) is 3.14. The molecule has 1 aliphatic carbocycles. The monoisotopic (exact) mass is 331 g/mol. The SMILES string of the molecule is Cc1cccc(NC(=O)[C@H](NC(=O)C2CCC(C)CC2)C(C)C)n1. The van der Waals surface area contributed by atoms with Crippen LogP contribution in [0.5, 0.6) is 0 Å². The Labute approximate surface area is 144 Å². The second-order valence-electron chi connectivity index (χ2n) is 7.34. The normalized spacial score (nSPS) is 22.0. The molecule has 0 bridgehead atoms. The highest BCUT2D eigenvalue weighted by molar-refractivity contribution is 5.97. The molecule has 1 aromatic heterocycles. The third-order valence-electron chi connectivity index (χ3n) is 4.77. The highest BCUT2D eigenvalue weighted by Crippen LogP contribution is 2.28. The Balaban J connectivity index is 1.98. The third-order valence-corrected chi connectivity index (χ3v) is 4.77. The zero-order valence-corrected chi connectivity index (χ0v) is 15.1. The van der Waals surface area contributed by atoms with E-state index in [4.69, 9.17) is 0 Å². The number of carbonyl (C=O) groups excluding carboxylic acids is 2. The van der Waals surface area contributed by atoms with Gasteiger partial charge in [-0.15, -0.1) is 0 Å². The van der Waals surface area contributed by atoms with Gasteiger partial charge in [-0.05, 0) is 56.6 Å². The van der Waals surface area contributed by atoms with Gasteiger partial charge in [-0.25, -0.2) is 4.98 Å². The van der Waals surface area contributed by atoms with E-state index in [1.165, 1.54) is 0 Å². The van der Waals surface area contributed by atoms with Crippen LogP contribution in [0.25, 0.3) is 0 Å². The predicted molar refractivity (Wildman–Crippen MR) is 95.5 cm³/mol. The van der Waals surface area contributed by atoms with Crippen LogP contribution in [0.4, 0.5) is 5.82 Å². The van der Waals surface area contributed by atoms with Gasteiger partial charge in [0.25, 0.3) is 0 Å². The molecule has 5 heteroatoms. The van der Waals surface area contributed by atoms with Crippen LogP contribution in [0.3, 0.4) is 0 Å². The first kappa shape index (κ1) is 18.4. The Bertz CT molecular complexity index is 578. The number of amides is 2. The van der Waals surface area contributed by atoms with Crippen LogP contribution in [0.2, 0.25) is 0 Å². The fourth-order valence-corrected chi connectivity index (χ4v) is 3.14. The first-order valence-corrected chi connectivity index (χ1v) is 8.91. The molecule has 132 valence electrons. The molecule has 1 fully saturated rings. The summed E-state index contributed by atoms with van der Waals surface area (Å²) in [6, 6.07) is 4.94. The molecule has 1 atom stereocenters. The van der Waals surface area contributed by atoms with Crippen LogP contribution in [-0.2, 0) is 9.59 Å². The number of hydrogen-bond donors (Lipinski definition) is 2. The van der Waals surface area contributed by atoms with Gasteiger partial charge in [0.05, 0.1) is 0 Å². The van der Waals surface area contributed by atoms with E-state index in [0.29, 0.717) is 11.7 Å². The minimum absolute atomic E-state index is 0.00736. The zero-order valence-electron chi connectivity index (χ0n) is 15.1. The Morgan fingerprint density at radius 2 is 1.83 bits per heavy atom. The topological polar surface area (TPSA) is 71.1 Å². The average Bonchev–Trinajstić information content (AvgIpc) is 2.52. The minimum Gasteiger partial charge on any atom is -0.344 e. The van der Waals surface area contributed by atoms with Gasteiger partial charge in [0, 0.05) is 11.6 Å². The molecule has 0 radical (unpaired) electrons. The van der Waals surface area contributed by atoms with Crippen molar-refractivity contribution in [3.8, 4) is 0 Å². The van der Waals surface area contributed by atoms with Crippen LogP contribution in [0.15, 0.2) is 18.2 Å². The van der Waals surface area contributed by atoms with Crippen molar-refractivity contribution in [1.29, 1.82) is 0 Å². The van der Waals surface area contributed by atoms with Gasteiger partial charge in [0.2, 0.25) is 11.8 Å². The molecule has 1 saturated carbocycles. The Kier molecular flexibility index (Phi) is 6.35. The average molecular weight is 331 g/mol. The number of aromatic nitrogens is 1. The molecule has 2 amide bonds. The molecule has 0 unspecified atom stereocenters. The van der Waals surface area contributed by atoms with Gasteiger partial charge >= 0.3 is 0 Å². The molecule has 2 rings (SSSR count). The number of carbonyl (C=O) groups is 2. The number of hydrogen-bond acceptors (Lipinski definition) is 3. The smallest absolute Gasteiger partial charge is 0.248 e. The number of nitrogens with zero attached hydrogens (tertiary/aromatic N) is 1. The molecule has 0 spiro atoms. The van der Waals surface area contributed by atoms with Crippen LogP contribution in [-0.4, -0.2) is 22.8 Å². The standard InChI is InChI=1S/C19H29N3O2/c1-12(2)17(19(24)21-16-7-5-6-14(4)20-16)22-18(23)15-10-8-13(3)9-11-15/h5-7,12-13,15,17H,8-11H2,1-4H3,(H,22,23)(H,20,21,24)/t13?,15?,17-/m1/s1. The van der Waals surface area contributed by atoms with Crippen molar-refractivity contribution < 1.29 is 9.59 Å². The molecule has 0 aromatic carbocycles. The van der Waals surface area contributed by atoms with E-state index in [1.807, 2.05) is 32.9 Å². The quantitative estimate of drug-likeness (QED) is 0.869. The number of aryl methyl sites for hydroxylation is 1. The molecule has 2 N–H and O–H groups in total. The molecule has 0 aliphatic heterocycles.